The number of hydrogen-bond donors (Lipinski definition) is 1. The molecule has 0 aliphatic carbocycles. The first-order valence-electron chi connectivity index (χ1n) is 5.98. The van der Waals surface area contributed by atoms with Crippen LogP contribution in [-0.2, 0) is 9.53 Å². The van der Waals surface area contributed by atoms with Gasteiger partial charge < -0.3 is 10.1 Å². The van der Waals surface area contributed by atoms with Crippen LogP contribution in [0.4, 0.5) is 5.69 Å². The molecule has 0 aliphatic rings. The zero-order chi connectivity index (χ0) is 14.4. The predicted molar refractivity (Wildman–Crippen MR) is 72.0 cm³/mol. The van der Waals surface area contributed by atoms with Crippen molar-refractivity contribution < 1.29 is 14.3 Å². The second-order valence-corrected chi connectivity index (χ2v) is 4.01. The van der Waals surface area contributed by atoms with Crippen molar-refractivity contribution in [3.05, 3.63) is 54.6 Å². The van der Waals surface area contributed by atoms with Crippen molar-refractivity contribution in [1.29, 1.82) is 0 Å². The van der Waals surface area contributed by atoms with Crippen LogP contribution in [0.3, 0.4) is 0 Å². The van der Waals surface area contributed by atoms with Gasteiger partial charge in [-0.1, -0.05) is 0 Å². The van der Waals surface area contributed by atoms with Crippen molar-refractivity contribution in [2.75, 3.05) is 5.32 Å². The summed E-state index contributed by atoms with van der Waals surface area (Å²) < 4.78 is 5.08. The number of hydrogen-bond acceptors (Lipinski definition) is 5. The van der Waals surface area contributed by atoms with E-state index in [-0.39, 0.29) is 0 Å². The van der Waals surface area contributed by atoms with Crippen molar-refractivity contribution in [3.8, 4) is 0 Å². The maximum atomic E-state index is 11.9. The highest BCUT2D eigenvalue weighted by molar-refractivity contribution is 5.97. The van der Waals surface area contributed by atoms with E-state index in [1.165, 1.54) is 31.5 Å². The van der Waals surface area contributed by atoms with Crippen LogP contribution in [0.1, 0.15) is 17.3 Å². The Kier molecular flexibility index (Phi) is 4.39. The lowest BCUT2D eigenvalue weighted by molar-refractivity contribution is -0.123. The number of amides is 1. The quantitative estimate of drug-likeness (QED) is 0.855. The van der Waals surface area contributed by atoms with Crippen LogP contribution >= 0.6 is 0 Å². The highest BCUT2D eigenvalue weighted by Gasteiger charge is 2.18. The Labute approximate surface area is 115 Å². The first-order chi connectivity index (χ1) is 9.66. The molecular weight excluding hydrogens is 258 g/mol. The number of esters is 1. The first kappa shape index (κ1) is 13.7. The maximum Gasteiger partial charge on any atom is 0.339 e. The van der Waals surface area contributed by atoms with Gasteiger partial charge in [0.25, 0.3) is 5.91 Å². The Hall–Kier alpha value is -2.76. The zero-order valence-corrected chi connectivity index (χ0v) is 10.8. The largest absolute Gasteiger partial charge is 0.449 e. The fraction of sp³-hybridized carbons (Fsp3) is 0.143. The van der Waals surface area contributed by atoms with E-state index < -0.39 is 18.0 Å². The SMILES string of the molecule is CC(OC(=O)c1ccncc1)C(=O)Nc1ccncc1. The molecule has 2 aromatic rings. The van der Waals surface area contributed by atoms with Crippen LogP contribution < -0.4 is 5.32 Å². The predicted octanol–water partition coefficient (Wildman–Crippen LogP) is 1.66. The third-order valence-electron chi connectivity index (χ3n) is 2.52. The molecule has 102 valence electrons. The standard InChI is InChI=1S/C14H13N3O3/c1-10(13(18)17-12-4-8-16-9-5-12)20-14(19)11-2-6-15-7-3-11/h2-10H,1H3,(H,16,17,18). The Morgan fingerprint density at radius 3 is 2.20 bits per heavy atom. The average molecular weight is 271 g/mol. The lowest BCUT2D eigenvalue weighted by Crippen LogP contribution is -2.30. The Bertz CT molecular complexity index is 587. The summed E-state index contributed by atoms with van der Waals surface area (Å²) in [7, 11) is 0. The number of carbonyl (C=O) groups excluding carboxylic acids is 2. The van der Waals surface area contributed by atoms with E-state index in [1.54, 1.807) is 24.5 Å². The van der Waals surface area contributed by atoms with Gasteiger partial charge in [0.15, 0.2) is 6.10 Å². The summed E-state index contributed by atoms with van der Waals surface area (Å²) in [5.74, 6) is -0.969. The van der Waals surface area contributed by atoms with Gasteiger partial charge in [-0.25, -0.2) is 4.79 Å². The van der Waals surface area contributed by atoms with Crippen molar-refractivity contribution >= 4 is 17.6 Å². The molecule has 6 nitrogen and oxygen atoms in total. The van der Waals surface area contributed by atoms with E-state index in [0.29, 0.717) is 11.3 Å². The number of pyridine rings is 2. The molecule has 2 aromatic heterocycles. The van der Waals surface area contributed by atoms with Crippen LogP contribution in [-0.4, -0.2) is 27.9 Å². The highest BCUT2D eigenvalue weighted by Crippen LogP contribution is 2.07. The van der Waals surface area contributed by atoms with Crippen LogP contribution in [0.2, 0.25) is 0 Å². The van der Waals surface area contributed by atoms with Crippen molar-refractivity contribution in [2.45, 2.75) is 13.0 Å². The smallest absolute Gasteiger partial charge is 0.339 e. The summed E-state index contributed by atoms with van der Waals surface area (Å²) in [6.07, 6.45) is 5.19. The molecule has 6 heteroatoms. The molecule has 0 spiro atoms. The number of nitrogens with one attached hydrogen (secondary N) is 1. The van der Waals surface area contributed by atoms with E-state index in [1.807, 2.05) is 0 Å². The first-order valence-corrected chi connectivity index (χ1v) is 5.98. The second-order valence-electron chi connectivity index (χ2n) is 4.01. The molecule has 2 heterocycles. The van der Waals surface area contributed by atoms with E-state index in [9.17, 15) is 9.59 Å². The number of aromatic nitrogens is 2. The van der Waals surface area contributed by atoms with E-state index in [2.05, 4.69) is 15.3 Å². The second kappa shape index (κ2) is 6.42. The van der Waals surface area contributed by atoms with Crippen LogP contribution in [0.25, 0.3) is 0 Å². The molecule has 1 amide bonds. The zero-order valence-electron chi connectivity index (χ0n) is 10.8. The molecule has 0 aliphatic heterocycles. The Balaban J connectivity index is 1.93. The van der Waals surface area contributed by atoms with Crippen LogP contribution in [0, 0.1) is 0 Å². The number of nitrogens with zero attached hydrogens (tertiary/aromatic N) is 2. The Morgan fingerprint density at radius 1 is 1.05 bits per heavy atom. The fourth-order valence-electron chi connectivity index (χ4n) is 1.45. The molecule has 1 N–H and O–H groups in total. The minimum Gasteiger partial charge on any atom is -0.449 e. The lowest BCUT2D eigenvalue weighted by atomic mass is 10.2. The number of carbonyl (C=O) groups is 2. The topological polar surface area (TPSA) is 81.2 Å². The minimum atomic E-state index is -0.899. The van der Waals surface area contributed by atoms with Gasteiger partial charge in [-0.3, -0.25) is 14.8 Å². The van der Waals surface area contributed by atoms with Crippen molar-refractivity contribution in [2.24, 2.45) is 0 Å². The maximum absolute atomic E-state index is 11.9. The van der Waals surface area contributed by atoms with Gasteiger partial charge in [-0.05, 0) is 31.2 Å². The van der Waals surface area contributed by atoms with Gasteiger partial charge >= 0.3 is 5.97 Å². The molecule has 0 saturated carbocycles. The van der Waals surface area contributed by atoms with E-state index in [4.69, 9.17) is 4.74 Å². The summed E-state index contributed by atoms with van der Waals surface area (Å²) in [6.45, 7) is 1.51. The van der Waals surface area contributed by atoms with E-state index in [0.717, 1.165) is 0 Å². The summed E-state index contributed by atoms with van der Waals surface area (Å²) in [4.78, 5) is 31.3. The molecule has 2 rings (SSSR count). The van der Waals surface area contributed by atoms with Gasteiger partial charge in [0, 0.05) is 30.5 Å². The third kappa shape index (κ3) is 3.61. The summed E-state index contributed by atoms with van der Waals surface area (Å²) in [5.41, 5.74) is 0.945. The number of rotatable bonds is 4. The molecular formula is C14H13N3O3. The van der Waals surface area contributed by atoms with Gasteiger partial charge in [-0.2, -0.15) is 0 Å². The van der Waals surface area contributed by atoms with Crippen LogP contribution in [0.5, 0.6) is 0 Å². The summed E-state index contributed by atoms with van der Waals surface area (Å²) >= 11 is 0. The number of anilines is 1. The molecule has 1 atom stereocenters. The van der Waals surface area contributed by atoms with Crippen molar-refractivity contribution in [3.63, 3.8) is 0 Å². The van der Waals surface area contributed by atoms with Gasteiger partial charge in [0.1, 0.15) is 0 Å². The monoisotopic (exact) mass is 271 g/mol. The van der Waals surface area contributed by atoms with Crippen LogP contribution in [0.15, 0.2) is 49.1 Å². The molecule has 1 unspecified atom stereocenters. The van der Waals surface area contributed by atoms with E-state index >= 15 is 0 Å². The minimum absolute atomic E-state index is 0.351. The van der Waals surface area contributed by atoms with Gasteiger partial charge in [0.2, 0.25) is 0 Å². The normalized spacial score (nSPS) is 11.4. The Morgan fingerprint density at radius 2 is 1.60 bits per heavy atom. The summed E-state index contributed by atoms with van der Waals surface area (Å²) in [6, 6.07) is 6.34. The molecule has 0 aromatic carbocycles. The molecule has 0 radical (unpaired) electrons. The van der Waals surface area contributed by atoms with Gasteiger partial charge in [-0.15, -0.1) is 0 Å². The highest BCUT2D eigenvalue weighted by atomic mass is 16.5. The summed E-state index contributed by atoms with van der Waals surface area (Å²) in [5, 5.41) is 2.63. The average Bonchev–Trinajstić information content (AvgIpc) is 2.49. The molecule has 20 heavy (non-hydrogen) atoms. The third-order valence-corrected chi connectivity index (χ3v) is 2.52. The molecule has 0 saturated heterocycles. The molecule has 0 bridgehead atoms. The molecule has 0 fully saturated rings. The number of ether oxygens (including phenoxy) is 1. The van der Waals surface area contributed by atoms with Crippen molar-refractivity contribution in [1.82, 2.24) is 9.97 Å². The fourth-order valence-corrected chi connectivity index (χ4v) is 1.45. The van der Waals surface area contributed by atoms with Gasteiger partial charge in [0.05, 0.1) is 5.56 Å². The lowest BCUT2D eigenvalue weighted by Gasteiger charge is -2.13.